The van der Waals surface area contributed by atoms with Crippen LogP contribution in [0.15, 0.2) is 54.6 Å². The molecular weight excluding hydrogens is 434 g/mol. The number of likely N-dealkylation sites (tertiary alicyclic amines) is 1. The molecule has 1 unspecified atom stereocenters. The van der Waals surface area contributed by atoms with Gasteiger partial charge in [-0.05, 0) is 12.0 Å². The van der Waals surface area contributed by atoms with Crippen molar-refractivity contribution in [2.45, 2.75) is 43.7 Å². The molecule has 1 spiro atoms. The van der Waals surface area contributed by atoms with E-state index in [1.54, 1.807) is 16.8 Å². The first-order chi connectivity index (χ1) is 16.4. The lowest BCUT2D eigenvalue weighted by Crippen LogP contribution is -2.57. The summed E-state index contributed by atoms with van der Waals surface area (Å²) < 4.78 is 6.56. The first-order valence-corrected chi connectivity index (χ1v) is 12.0. The van der Waals surface area contributed by atoms with Crippen molar-refractivity contribution in [3.8, 4) is 0 Å². The van der Waals surface area contributed by atoms with Crippen molar-refractivity contribution in [3.63, 3.8) is 0 Å². The second-order valence-corrected chi connectivity index (χ2v) is 9.59. The number of amides is 3. The number of aliphatic hydroxyl groups excluding tert-OH is 1. The number of fused-ring (bicyclic) bond motifs is 2. The van der Waals surface area contributed by atoms with Crippen LogP contribution >= 0.6 is 0 Å². The first-order valence-electron chi connectivity index (χ1n) is 12.0. The molecule has 0 saturated carbocycles. The Labute approximate surface area is 199 Å². The summed E-state index contributed by atoms with van der Waals surface area (Å²) in [6, 6.07) is 8.23. The summed E-state index contributed by atoms with van der Waals surface area (Å²) in [7, 11) is 1.72. The second kappa shape index (κ2) is 8.67. The highest BCUT2D eigenvalue weighted by Gasteiger charge is 2.72. The highest BCUT2D eigenvalue weighted by molar-refractivity contribution is 6.00. The van der Waals surface area contributed by atoms with E-state index in [0.29, 0.717) is 26.1 Å². The summed E-state index contributed by atoms with van der Waals surface area (Å²) in [4.78, 5) is 46.3. The van der Waals surface area contributed by atoms with Gasteiger partial charge in [0.15, 0.2) is 0 Å². The maximum atomic E-state index is 14.1. The van der Waals surface area contributed by atoms with Crippen LogP contribution < -0.4 is 0 Å². The predicted octanol–water partition coefficient (Wildman–Crippen LogP) is 0.965. The van der Waals surface area contributed by atoms with Crippen molar-refractivity contribution in [1.29, 1.82) is 0 Å². The number of likely N-dealkylation sites (N-methyl/N-ethyl adjacent to an activating group) is 1. The maximum absolute atomic E-state index is 14.1. The van der Waals surface area contributed by atoms with Crippen LogP contribution in [0.3, 0.4) is 0 Å². The molecule has 4 heterocycles. The second-order valence-electron chi connectivity index (χ2n) is 9.59. The van der Waals surface area contributed by atoms with Crippen molar-refractivity contribution >= 4 is 17.7 Å². The Bertz CT molecular complexity index is 1040. The van der Waals surface area contributed by atoms with Crippen LogP contribution in [0.25, 0.3) is 0 Å². The third kappa shape index (κ3) is 3.31. The van der Waals surface area contributed by atoms with Gasteiger partial charge in [0.25, 0.3) is 0 Å². The molecule has 0 radical (unpaired) electrons. The van der Waals surface area contributed by atoms with Crippen LogP contribution in [0.4, 0.5) is 0 Å². The SMILES string of the molecule is CC[C@@H](CO)N1C(=O)[C@@H]2[C@@H]3C(=O)N(C)CC=C[C@@H]3O[C@@]23C=CCN(Cc2ccccc2)C(=O)C13. The summed E-state index contributed by atoms with van der Waals surface area (Å²) in [6.45, 7) is 2.83. The van der Waals surface area contributed by atoms with E-state index in [1.165, 1.54) is 4.90 Å². The van der Waals surface area contributed by atoms with E-state index >= 15 is 0 Å². The fourth-order valence-electron chi connectivity index (χ4n) is 6.00. The van der Waals surface area contributed by atoms with Gasteiger partial charge in [-0.25, -0.2) is 0 Å². The van der Waals surface area contributed by atoms with E-state index < -0.39 is 35.6 Å². The van der Waals surface area contributed by atoms with E-state index in [4.69, 9.17) is 4.74 Å². The van der Waals surface area contributed by atoms with Gasteiger partial charge in [-0.3, -0.25) is 14.4 Å². The fourth-order valence-corrected chi connectivity index (χ4v) is 6.00. The van der Waals surface area contributed by atoms with E-state index in [0.717, 1.165) is 5.56 Å². The van der Waals surface area contributed by atoms with Gasteiger partial charge in [0, 0.05) is 26.7 Å². The quantitative estimate of drug-likeness (QED) is 0.655. The zero-order valence-corrected chi connectivity index (χ0v) is 19.5. The van der Waals surface area contributed by atoms with Gasteiger partial charge in [0.2, 0.25) is 17.7 Å². The van der Waals surface area contributed by atoms with Crippen LogP contribution in [0.1, 0.15) is 18.9 Å². The van der Waals surface area contributed by atoms with E-state index in [2.05, 4.69) is 0 Å². The van der Waals surface area contributed by atoms with Gasteiger partial charge in [-0.2, -0.15) is 0 Å². The molecule has 1 aromatic carbocycles. The third-order valence-electron chi connectivity index (χ3n) is 7.67. The fraction of sp³-hybridized carbons (Fsp3) is 0.500. The highest BCUT2D eigenvalue weighted by atomic mass is 16.5. The van der Waals surface area contributed by atoms with Gasteiger partial charge in [-0.1, -0.05) is 61.6 Å². The third-order valence-corrected chi connectivity index (χ3v) is 7.67. The Balaban J connectivity index is 1.60. The van der Waals surface area contributed by atoms with Gasteiger partial charge in [-0.15, -0.1) is 0 Å². The topological polar surface area (TPSA) is 90.4 Å². The monoisotopic (exact) mass is 465 g/mol. The zero-order chi connectivity index (χ0) is 24.0. The molecule has 180 valence electrons. The number of rotatable bonds is 5. The zero-order valence-electron chi connectivity index (χ0n) is 19.5. The van der Waals surface area contributed by atoms with Gasteiger partial charge in [0.05, 0.1) is 30.6 Å². The molecule has 8 heteroatoms. The molecule has 1 N–H and O–H groups in total. The number of carbonyl (C=O) groups is 3. The van der Waals surface area contributed by atoms with E-state index in [9.17, 15) is 19.5 Å². The lowest BCUT2D eigenvalue weighted by molar-refractivity contribution is -0.151. The molecule has 6 atom stereocenters. The van der Waals surface area contributed by atoms with Gasteiger partial charge in [0.1, 0.15) is 11.6 Å². The van der Waals surface area contributed by atoms with Crippen molar-refractivity contribution in [3.05, 3.63) is 60.2 Å². The minimum absolute atomic E-state index is 0.158. The smallest absolute Gasteiger partial charge is 0.249 e. The summed E-state index contributed by atoms with van der Waals surface area (Å²) in [6.07, 6.45) is 7.35. The number of ether oxygens (including phenoxy) is 1. The van der Waals surface area contributed by atoms with Crippen molar-refractivity contribution in [2.75, 3.05) is 26.7 Å². The minimum Gasteiger partial charge on any atom is -0.394 e. The first kappa shape index (κ1) is 22.8. The average Bonchev–Trinajstić information content (AvgIpc) is 3.17. The molecular formula is C26H31N3O5. The van der Waals surface area contributed by atoms with Crippen LogP contribution in [-0.4, -0.2) is 88.1 Å². The Morgan fingerprint density at radius 3 is 2.56 bits per heavy atom. The van der Waals surface area contributed by atoms with Gasteiger partial charge >= 0.3 is 0 Å². The lowest BCUT2D eigenvalue weighted by atomic mass is 9.77. The molecule has 34 heavy (non-hydrogen) atoms. The number of hydrogen-bond acceptors (Lipinski definition) is 5. The number of benzene rings is 1. The molecule has 3 amide bonds. The standard InChI is InChI=1S/C26H31N3O5/c1-3-18(16-30)29-22-25(33)28(15-17-9-5-4-6-10-17)14-8-12-26(22)21(24(29)32)20-19(34-26)11-7-13-27(2)23(20)31/h4-12,18-22,30H,3,13-16H2,1-2H3/t18-,19-,20+,21-,22?,26-/m0/s1. The van der Waals surface area contributed by atoms with Crippen LogP contribution in [-0.2, 0) is 25.7 Å². The Morgan fingerprint density at radius 1 is 1.09 bits per heavy atom. The molecule has 5 rings (SSSR count). The van der Waals surface area contributed by atoms with Crippen molar-refractivity contribution < 1.29 is 24.2 Å². The van der Waals surface area contributed by atoms with Crippen LogP contribution in [0, 0.1) is 11.8 Å². The Kier molecular flexibility index (Phi) is 5.81. The largest absolute Gasteiger partial charge is 0.394 e. The van der Waals surface area contributed by atoms with Crippen molar-refractivity contribution in [1.82, 2.24) is 14.7 Å². The molecule has 0 aromatic heterocycles. The molecule has 0 bridgehead atoms. The van der Waals surface area contributed by atoms with E-state index in [1.807, 2.05) is 61.6 Å². The maximum Gasteiger partial charge on any atom is 0.249 e. The molecule has 8 nitrogen and oxygen atoms in total. The average molecular weight is 466 g/mol. The summed E-state index contributed by atoms with van der Waals surface area (Å²) >= 11 is 0. The summed E-state index contributed by atoms with van der Waals surface area (Å²) in [5.41, 5.74) is -0.269. The molecule has 2 fully saturated rings. The number of nitrogens with zero attached hydrogens (tertiary/aromatic N) is 3. The highest BCUT2D eigenvalue weighted by Crippen LogP contribution is 2.54. The molecule has 1 aromatic rings. The van der Waals surface area contributed by atoms with Crippen LogP contribution in [0.2, 0.25) is 0 Å². The summed E-state index contributed by atoms with van der Waals surface area (Å²) in [5, 5.41) is 10.1. The molecule has 4 aliphatic heterocycles. The van der Waals surface area contributed by atoms with E-state index in [-0.39, 0.29) is 24.3 Å². The minimum atomic E-state index is -1.25. The summed E-state index contributed by atoms with van der Waals surface area (Å²) in [5.74, 6) is -2.21. The molecule has 4 aliphatic rings. The van der Waals surface area contributed by atoms with Crippen LogP contribution in [0.5, 0.6) is 0 Å². The Morgan fingerprint density at radius 2 is 1.85 bits per heavy atom. The normalized spacial score (nSPS) is 33.5. The Hall–Kier alpha value is -2.97. The molecule has 2 saturated heterocycles. The number of aliphatic hydroxyl groups is 1. The lowest BCUT2D eigenvalue weighted by Gasteiger charge is -2.38. The number of carbonyl (C=O) groups excluding carboxylic acids is 3. The molecule has 0 aliphatic carbocycles. The van der Waals surface area contributed by atoms with Crippen molar-refractivity contribution in [2.24, 2.45) is 11.8 Å². The predicted molar refractivity (Wildman–Crippen MR) is 124 cm³/mol. The van der Waals surface area contributed by atoms with Gasteiger partial charge < -0.3 is 24.5 Å². The number of hydrogen-bond donors (Lipinski definition) is 1.